The number of likely N-dealkylation sites (N-methyl/N-ethyl adjacent to an activating group) is 1. The van der Waals surface area contributed by atoms with Crippen molar-refractivity contribution in [3.8, 4) is 11.5 Å². The van der Waals surface area contributed by atoms with Crippen molar-refractivity contribution in [1.29, 1.82) is 0 Å². The van der Waals surface area contributed by atoms with Gasteiger partial charge in [-0.15, -0.1) is 0 Å². The summed E-state index contributed by atoms with van der Waals surface area (Å²) in [6, 6.07) is 12.9. The maximum Gasteiger partial charge on any atom is 0.255 e. The van der Waals surface area contributed by atoms with Crippen LogP contribution in [0.5, 0.6) is 11.5 Å². The predicted octanol–water partition coefficient (Wildman–Crippen LogP) is 3.18. The molecule has 0 radical (unpaired) electrons. The molecule has 3 aromatic rings. The van der Waals surface area contributed by atoms with Crippen LogP contribution in [-0.2, 0) is 6.42 Å². The van der Waals surface area contributed by atoms with Gasteiger partial charge in [0.2, 0.25) is 0 Å². The van der Waals surface area contributed by atoms with E-state index in [1.54, 1.807) is 48.9 Å². The molecule has 1 aliphatic heterocycles. The number of hydrogen-bond acceptors (Lipinski definition) is 6. The van der Waals surface area contributed by atoms with Gasteiger partial charge in [-0.3, -0.25) is 9.78 Å². The van der Waals surface area contributed by atoms with Crippen LogP contribution in [-0.4, -0.2) is 42.7 Å². The van der Waals surface area contributed by atoms with Crippen LogP contribution in [0, 0.1) is 0 Å². The molecular weight excluding hydrogens is 368 g/mol. The molecule has 7 heteroatoms. The van der Waals surface area contributed by atoms with E-state index in [1.165, 1.54) is 5.56 Å². The number of carbonyl (C=O) groups is 1. The summed E-state index contributed by atoms with van der Waals surface area (Å²) < 4.78 is 11.1. The molecule has 0 saturated carbocycles. The number of nitrogens with zero attached hydrogens (tertiary/aromatic N) is 3. The molecule has 0 fully saturated rings. The molecule has 7 nitrogen and oxygen atoms in total. The van der Waals surface area contributed by atoms with Gasteiger partial charge in [-0.1, -0.05) is 0 Å². The van der Waals surface area contributed by atoms with Crippen LogP contribution in [0.3, 0.4) is 0 Å². The van der Waals surface area contributed by atoms with Gasteiger partial charge in [-0.2, -0.15) is 0 Å². The van der Waals surface area contributed by atoms with E-state index < -0.39 is 0 Å². The number of carbonyl (C=O) groups excluding carboxylic acids is 1. The number of ether oxygens (including phenoxy) is 2. The number of nitrogens with one attached hydrogen (secondary N) is 1. The van der Waals surface area contributed by atoms with Crippen molar-refractivity contribution in [2.24, 2.45) is 0 Å². The number of hydrogen-bond donors (Lipinski definition) is 1. The van der Waals surface area contributed by atoms with Crippen molar-refractivity contribution in [2.75, 3.05) is 37.0 Å². The van der Waals surface area contributed by atoms with Crippen LogP contribution in [0.2, 0.25) is 0 Å². The minimum Gasteiger partial charge on any atom is -0.486 e. The van der Waals surface area contributed by atoms with E-state index in [4.69, 9.17) is 9.47 Å². The summed E-state index contributed by atoms with van der Waals surface area (Å²) in [7, 11) is 1.96. The summed E-state index contributed by atoms with van der Waals surface area (Å²) in [4.78, 5) is 23.2. The highest BCUT2D eigenvalue weighted by atomic mass is 16.6. The zero-order valence-corrected chi connectivity index (χ0v) is 16.2. The van der Waals surface area contributed by atoms with E-state index in [2.05, 4.69) is 15.3 Å². The van der Waals surface area contributed by atoms with E-state index >= 15 is 0 Å². The fourth-order valence-electron chi connectivity index (χ4n) is 3.05. The molecule has 0 saturated heterocycles. The molecule has 0 bridgehead atoms. The predicted molar refractivity (Wildman–Crippen MR) is 111 cm³/mol. The van der Waals surface area contributed by atoms with Gasteiger partial charge in [-0.25, -0.2) is 4.98 Å². The number of pyridine rings is 2. The molecule has 1 aliphatic rings. The largest absolute Gasteiger partial charge is 0.486 e. The van der Waals surface area contributed by atoms with Crippen molar-refractivity contribution < 1.29 is 14.3 Å². The number of benzene rings is 1. The Hall–Kier alpha value is -3.61. The van der Waals surface area contributed by atoms with Crippen LogP contribution in [0.4, 0.5) is 11.5 Å². The van der Waals surface area contributed by atoms with E-state index in [0.29, 0.717) is 36.0 Å². The lowest BCUT2D eigenvalue weighted by Crippen LogP contribution is -2.22. The van der Waals surface area contributed by atoms with Crippen LogP contribution in [0.1, 0.15) is 15.9 Å². The van der Waals surface area contributed by atoms with Gasteiger partial charge in [0.1, 0.15) is 19.0 Å². The number of anilines is 2. The second kappa shape index (κ2) is 8.60. The molecular formula is C22H22N4O3. The highest BCUT2D eigenvalue weighted by molar-refractivity contribution is 6.04. The molecule has 1 N–H and O–H groups in total. The lowest BCUT2D eigenvalue weighted by atomic mass is 10.2. The summed E-state index contributed by atoms with van der Waals surface area (Å²) in [5, 5.41) is 2.90. The van der Waals surface area contributed by atoms with Crippen molar-refractivity contribution in [1.82, 2.24) is 9.97 Å². The second-order valence-electron chi connectivity index (χ2n) is 6.74. The van der Waals surface area contributed by atoms with Crippen molar-refractivity contribution >= 4 is 17.4 Å². The summed E-state index contributed by atoms with van der Waals surface area (Å²) in [6.07, 6.45) is 6.10. The highest BCUT2D eigenvalue weighted by Crippen LogP contribution is 2.32. The number of fused-ring (bicyclic) bond motifs is 1. The first-order valence-electron chi connectivity index (χ1n) is 9.46. The van der Waals surface area contributed by atoms with Crippen LogP contribution < -0.4 is 19.7 Å². The number of amides is 1. The molecule has 0 unspecified atom stereocenters. The summed E-state index contributed by atoms with van der Waals surface area (Å²) >= 11 is 0. The van der Waals surface area contributed by atoms with Gasteiger partial charge in [0.25, 0.3) is 5.91 Å². The standard InChI is InChI=1S/C22H22N4O3/c1-26(11-7-16-4-8-23-9-5-16)21-14-17(6-10-24-21)22(27)25-18-2-3-19-20(15-18)29-13-12-28-19/h2-6,8-10,14-15H,7,11-13H2,1H3,(H,25,27). The fraction of sp³-hybridized carbons (Fsp3) is 0.227. The van der Waals surface area contributed by atoms with Crippen LogP contribution in [0.25, 0.3) is 0 Å². The maximum atomic E-state index is 12.7. The Balaban J connectivity index is 1.41. The smallest absolute Gasteiger partial charge is 0.255 e. The topological polar surface area (TPSA) is 76.6 Å². The zero-order valence-electron chi connectivity index (χ0n) is 16.2. The van der Waals surface area contributed by atoms with Crippen LogP contribution >= 0.6 is 0 Å². The maximum absolute atomic E-state index is 12.7. The first-order chi connectivity index (χ1) is 14.2. The van der Waals surface area contributed by atoms with Crippen molar-refractivity contribution in [3.63, 3.8) is 0 Å². The summed E-state index contributed by atoms with van der Waals surface area (Å²) in [5.41, 5.74) is 2.41. The van der Waals surface area contributed by atoms with Crippen LogP contribution in [0.15, 0.2) is 61.1 Å². The molecule has 3 heterocycles. The third-order valence-corrected chi connectivity index (χ3v) is 4.68. The Morgan fingerprint density at radius 1 is 1.03 bits per heavy atom. The Labute approximate surface area is 169 Å². The average molecular weight is 390 g/mol. The molecule has 2 aromatic heterocycles. The fourth-order valence-corrected chi connectivity index (χ4v) is 3.05. The summed E-state index contributed by atoms with van der Waals surface area (Å²) in [5.74, 6) is 1.87. The third kappa shape index (κ3) is 4.63. The third-order valence-electron chi connectivity index (χ3n) is 4.68. The highest BCUT2D eigenvalue weighted by Gasteiger charge is 2.14. The van der Waals surface area contributed by atoms with E-state index in [0.717, 1.165) is 18.8 Å². The van der Waals surface area contributed by atoms with Gasteiger partial charge in [0, 0.05) is 49.5 Å². The molecule has 29 heavy (non-hydrogen) atoms. The molecule has 1 amide bonds. The Bertz CT molecular complexity index is 994. The monoisotopic (exact) mass is 390 g/mol. The molecule has 0 aliphatic carbocycles. The zero-order chi connectivity index (χ0) is 20.1. The van der Waals surface area contributed by atoms with E-state index in [1.807, 2.05) is 24.1 Å². The quantitative estimate of drug-likeness (QED) is 0.697. The number of rotatable bonds is 6. The van der Waals surface area contributed by atoms with Gasteiger partial charge >= 0.3 is 0 Å². The lowest BCUT2D eigenvalue weighted by Gasteiger charge is -2.19. The SMILES string of the molecule is CN(CCc1ccncc1)c1cc(C(=O)Nc2ccc3c(c2)OCCO3)ccn1. The van der Waals surface area contributed by atoms with Crippen molar-refractivity contribution in [2.45, 2.75) is 6.42 Å². The van der Waals surface area contributed by atoms with Gasteiger partial charge in [-0.05, 0) is 48.4 Å². The number of aromatic nitrogens is 2. The Morgan fingerprint density at radius 2 is 1.83 bits per heavy atom. The minimum atomic E-state index is -0.201. The average Bonchev–Trinajstić information content (AvgIpc) is 2.78. The molecule has 1 aromatic carbocycles. The van der Waals surface area contributed by atoms with E-state index in [9.17, 15) is 4.79 Å². The molecule has 4 rings (SSSR count). The second-order valence-corrected chi connectivity index (χ2v) is 6.74. The summed E-state index contributed by atoms with van der Waals surface area (Å²) in [6.45, 7) is 1.82. The first-order valence-corrected chi connectivity index (χ1v) is 9.46. The minimum absolute atomic E-state index is 0.201. The molecule has 148 valence electrons. The van der Waals surface area contributed by atoms with Crippen molar-refractivity contribution in [3.05, 3.63) is 72.2 Å². The van der Waals surface area contributed by atoms with Gasteiger partial charge < -0.3 is 19.7 Å². The lowest BCUT2D eigenvalue weighted by molar-refractivity contribution is 0.102. The van der Waals surface area contributed by atoms with Gasteiger partial charge in [0.15, 0.2) is 11.5 Å². The Morgan fingerprint density at radius 3 is 2.66 bits per heavy atom. The van der Waals surface area contributed by atoms with E-state index in [-0.39, 0.29) is 5.91 Å². The molecule has 0 atom stereocenters. The first kappa shape index (κ1) is 18.7. The normalized spacial score (nSPS) is 12.3. The van der Waals surface area contributed by atoms with Gasteiger partial charge in [0.05, 0.1) is 0 Å². The molecule has 0 spiro atoms. The Kier molecular flexibility index (Phi) is 5.56.